The maximum atomic E-state index is 10.4. The molecule has 0 saturated carbocycles. The molecule has 0 saturated heterocycles. The highest BCUT2D eigenvalue weighted by Crippen LogP contribution is 2.07. The molecule has 0 aliphatic heterocycles. The van der Waals surface area contributed by atoms with Gasteiger partial charge in [-0.1, -0.05) is 36.4 Å². The Morgan fingerprint density at radius 1 is 0.842 bits per heavy atom. The molecule has 0 aromatic heterocycles. The van der Waals surface area contributed by atoms with Crippen molar-refractivity contribution < 1.29 is 13.0 Å². The van der Waals surface area contributed by atoms with Crippen molar-refractivity contribution in [3.05, 3.63) is 60.7 Å². The molecule has 1 N–H and O–H groups in total. The van der Waals surface area contributed by atoms with E-state index in [-0.39, 0.29) is 4.90 Å². The van der Waals surface area contributed by atoms with Crippen molar-refractivity contribution in [2.45, 2.75) is 4.90 Å². The van der Waals surface area contributed by atoms with Gasteiger partial charge in [0.1, 0.15) is 0 Å². The van der Waals surface area contributed by atoms with Gasteiger partial charge in [0.25, 0.3) is 10.1 Å². The summed E-state index contributed by atoms with van der Waals surface area (Å²) < 4.78 is 29.2. The molecule has 0 spiro atoms. The Hall–Kier alpha value is -1.85. The number of hydrogen-bond donors (Lipinski definition) is 1. The number of benzene rings is 2. The zero-order chi connectivity index (χ0) is 14.3. The molecule has 2 aromatic rings. The van der Waals surface area contributed by atoms with Crippen LogP contribution in [0.2, 0.25) is 0 Å². The largest absolute Gasteiger partial charge is 0.378 e. The van der Waals surface area contributed by atoms with Gasteiger partial charge in [0.2, 0.25) is 0 Å². The molecular weight excluding hydrogens is 262 g/mol. The molecule has 2 aromatic carbocycles. The minimum absolute atomic E-state index is 0.0741. The summed E-state index contributed by atoms with van der Waals surface area (Å²) in [6.07, 6.45) is 0. The van der Waals surface area contributed by atoms with E-state index in [4.69, 9.17) is 4.55 Å². The van der Waals surface area contributed by atoms with Crippen LogP contribution >= 0.6 is 0 Å². The van der Waals surface area contributed by atoms with Gasteiger partial charge >= 0.3 is 0 Å². The van der Waals surface area contributed by atoms with Crippen molar-refractivity contribution in [3.63, 3.8) is 0 Å². The van der Waals surface area contributed by atoms with Crippen LogP contribution in [0.15, 0.2) is 65.6 Å². The molecule has 0 aliphatic carbocycles. The van der Waals surface area contributed by atoms with Crippen LogP contribution in [-0.2, 0) is 10.1 Å². The third-order valence-corrected chi connectivity index (χ3v) is 3.18. The lowest BCUT2D eigenvalue weighted by Gasteiger charge is -2.10. The van der Waals surface area contributed by atoms with Crippen LogP contribution in [0.1, 0.15) is 0 Å². The quantitative estimate of drug-likeness (QED) is 0.859. The Kier molecular flexibility index (Phi) is 5.54. The van der Waals surface area contributed by atoms with Crippen LogP contribution in [-0.4, -0.2) is 27.1 Å². The number of para-hydroxylation sites is 1. The second-order valence-corrected chi connectivity index (χ2v) is 5.44. The number of rotatable bonds is 2. The fourth-order valence-electron chi connectivity index (χ4n) is 1.32. The molecule has 0 atom stereocenters. The first-order chi connectivity index (χ1) is 8.91. The fraction of sp³-hybridized carbons (Fsp3) is 0.143. The van der Waals surface area contributed by atoms with Crippen molar-refractivity contribution in [3.8, 4) is 0 Å². The third-order valence-electron chi connectivity index (χ3n) is 2.31. The molecule has 0 bridgehead atoms. The Morgan fingerprint density at radius 3 is 1.53 bits per heavy atom. The van der Waals surface area contributed by atoms with E-state index >= 15 is 0 Å². The van der Waals surface area contributed by atoms with E-state index in [1.807, 2.05) is 32.3 Å². The summed E-state index contributed by atoms with van der Waals surface area (Å²) in [6.45, 7) is 0. The van der Waals surface area contributed by atoms with Gasteiger partial charge in [-0.15, -0.1) is 0 Å². The molecule has 2 rings (SSSR count). The van der Waals surface area contributed by atoms with Gasteiger partial charge < -0.3 is 4.90 Å². The predicted molar refractivity (Wildman–Crippen MR) is 77.0 cm³/mol. The van der Waals surface area contributed by atoms with E-state index in [2.05, 4.69) is 17.0 Å². The summed E-state index contributed by atoms with van der Waals surface area (Å²) in [7, 11) is 0.0713. The molecule has 0 heterocycles. The molecule has 19 heavy (non-hydrogen) atoms. The standard InChI is InChI=1S/C8H11N.C6H6O3S/c1-9(2)8-6-4-3-5-7-8;7-10(8,9)6-4-2-1-3-5-6/h3-7H,1-2H3;1-5H,(H,7,8,9). The molecule has 0 fully saturated rings. The summed E-state index contributed by atoms with van der Waals surface area (Å²) in [5.74, 6) is 0. The summed E-state index contributed by atoms with van der Waals surface area (Å²) in [4.78, 5) is 2.01. The van der Waals surface area contributed by atoms with Crippen LogP contribution in [0.3, 0.4) is 0 Å². The Morgan fingerprint density at radius 2 is 1.26 bits per heavy atom. The second kappa shape index (κ2) is 6.92. The first kappa shape index (κ1) is 15.2. The molecule has 0 unspecified atom stereocenters. The summed E-state index contributed by atoms with van der Waals surface area (Å²) in [5, 5.41) is 0. The third kappa shape index (κ3) is 5.54. The van der Waals surface area contributed by atoms with Gasteiger partial charge in [-0.25, -0.2) is 0 Å². The normalized spacial score (nSPS) is 10.3. The minimum Gasteiger partial charge on any atom is -0.378 e. The minimum atomic E-state index is -4.00. The van der Waals surface area contributed by atoms with Crippen molar-refractivity contribution in [2.24, 2.45) is 0 Å². The SMILES string of the molecule is CN(C)c1ccccc1.O=S(=O)(O)c1ccccc1. The van der Waals surface area contributed by atoms with Crippen molar-refractivity contribution in [1.29, 1.82) is 0 Å². The van der Waals surface area contributed by atoms with Gasteiger partial charge in [0, 0.05) is 19.8 Å². The lowest BCUT2D eigenvalue weighted by Crippen LogP contribution is -2.07. The Bertz CT molecular complexity index is 581. The van der Waals surface area contributed by atoms with E-state index < -0.39 is 10.1 Å². The van der Waals surface area contributed by atoms with E-state index in [0.29, 0.717) is 0 Å². The van der Waals surface area contributed by atoms with E-state index in [0.717, 1.165) is 0 Å². The van der Waals surface area contributed by atoms with Crippen molar-refractivity contribution >= 4 is 15.8 Å². The average Bonchev–Trinajstić information content (AvgIpc) is 2.40. The molecule has 5 heteroatoms. The molecule has 0 aliphatic rings. The van der Waals surface area contributed by atoms with Gasteiger partial charge in [-0.2, -0.15) is 8.42 Å². The average molecular weight is 279 g/mol. The predicted octanol–water partition coefficient (Wildman–Crippen LogP) is 2.69. The van der Waals surface area contributed by atoms with E-state index in [1.54, 1.807) is 18.2 Å². The fourth-order valence-corrected chi connectivity index (χ4v) is 1.82. The van der Waals surface area contributed by atoms with Crippen LogP contribution in [0.25, 0.3) is 0 Å². The highest BCUT2D eigenvalue weighted by Gasteiger charge is 2.05. The van der Waals surface area contributed by atoms with Crippen LogP contribution in [0.5, 0.6) is 0 Å². The molecule has 4 nitrogen and oxygen atoms in total. The first-order valence-electron chi connectivity index (χ1n) is 5.66. The smallest absolute Gasteiger partial charge is 0.294 e. The topological polar surface area (TPSA) is 57.6 Å². The summed E-state index contributed by atoms with van der Waals surface area (Å²) >= 11 is 0. The zero-order valence-electron chi connectivity index (χ0n) is 10.9. The molecule has 0 amide bonds. The molecule has 102 valence electrons. The molecule has 0 radical (unpaired) electrons. The van der Waals surface area contributed by atoms with Gasteiger partial charge in [0.15, 0.2) is 0 Å². The van der Waals surface area contributed by atoms with Gasteiger partial charge in [0.05, 0.1) is 4.90 Å². The highest BCUT2D eigenvalue weighted by atomic mass is 32.2. The number of nitrogens with zero attached hydrogens (tertiary/aromatic N) is 1. The van der Waals surface area contributed by atoms with Crippen LogP contribution in [0.4, 0.5) is 5.69 Å². The monoisotopic (exact) mass is 279 g/mol. The number of hydrogen-bond acceptors (Lipinski definition) is 3. The summed E-state index contributed by atoms with van der Waals surface area (Å²) in [5.41, 5.74) is 1.25. The second-order valence-electron chi connectivity index (χ2n) is 4.02. The Labute approximate surface area is 114 Å². The van der Waals surface area contributed by atoms with Crippen LogP contribution < -0.4 is 4.90 Å². The van der Waals surface area contributed by atoms with Gasteiger partial charge in [-0.3, -0.25) is 4.55 Å². The maximum absolute atomic E-state index is 10.4. The van der Waals surface area contributed by atoms with E-state index in [1.165, 1.54) is 17.8 Å². The van der Waals surface area contributed by atoms with Crippen molar-refractivity contribution in [1.82, 2.24) is 0 Å². The van der Waals surface area contributed by atoms with Crippen LogP contribution in [0, 0.1) is 0 Å². The zero-order valence-corrected chi connectivity index (χ0v) is 11.7. The van der Waals surface area contributed by atoms with E-state index in [9.17, 15) is 8.42 Å². The Balaban J connectivity index is 0.000000191. The maximum Gasteiger partial charge on any atom is 0.294 e. The first-order valence-corrected chi connectivity index (χ1v) is 7.10. The number of anilines is 1. The molecular formula is C14H17NO3S. The lowest BCUT2D eigenvalue weighted by molar-refractivity contribution is 0.483. The van der Waals surface area contributed by atoms with Crippen molar-refractivity contribution in [2.75, 3.05) is 19.0 Å². The lowest BCUT2D eigenvalue weighted by atomic mass is 10.3. The highest BCUT2D eigenvalue weighted by molar-refractivity contribution is 7.85. The summed E-state index contributed by atoms with van der Waals surface area (Å²) in [6, 6.07) is 17.7. The van der Waals surface area contributed by atoms with Gasteiger partial charge in [-0.05, 0) is 24.3 Å².